The van der Waals surface area contributed by atoms with E-state index in [1.807, 2.05) is 0 Å². The Morgan fingerprint density at radius 2 is 1.78 bits per heavy atom. The van der Waals surface area contributed by atoms with Gasteiger partial charge in [-0.1, -0.05) is 42.5 Å². The second-order valence-corrected chi connectivity index (χ2v) is 7.83. The van der Waals surface area contributed by atoms with Crippen LogP contribution in [0.15, 0.2) is 59.5 Å². The molecule has 0 spiro atoms. The molecule has 1 atom stereocenters. The molecule has 0 aliphatic carbocycles. The molecule has 2 aromatic carbocycles. The summed E-state index contributed by atoms with van der Waals surface area (Å²) in [7, 11) is -2.21. The van der Waals surface area contributed by atoms with E-state index in [-0.39, 0.29) is 22.6 Å². The third-order valence-electron chi connectivity index (χ3n) is 4.18. The normalized spacial score (nSPS) is 13.9. The molecule has 1 amide bonds. The average molecular weight is 392 g/mol. The van der Waals surface area contributed by atoms with Crippen LogP contribution >= 0.6 is 0 Å². The van der Waals surface area contributed by atoms with Gasteiger partial charge in [0.15, 0.2) is 5.60 Å². The summed E-state index contributed by atoms with van der Waals surface area (Å²) in [5.41, 5.74) is 3.67. The number of aliphatic hydroxyl groups is 1. The van der Waals surface area contributed by atoms with Crippen molar-refractivity contribution in [3.63, 3.8) is 0 Å². The van der Waals surface area contributed by atoms with Crippen LogP contribution in [0.4, 0.5) is 0 Å². The van der Waals surface area contributed by atoms with Gasteiger partial charge >= 0.3 is 0 Å². The Hall–Kier alpha value is -2.26. The molecule has 2 rings (SSSR count). The molecule has 0 aliphatic heterocycles. The van der Waals surface area contributed by atoms with E-state index in [4.69, 9.17) is 10.5 Å². The number of rotatable bonds is 10. The topological polar surface area (TPSA) is 119 Å². The van der Waals surface area contributed by atoms with Crippen molar-refractivity contribution >= 4 is 15.9 Å². The predicted molar refractivity (Wildman–Crippen MR) is 101 cm³/mol. The van der Waals surface area contributed by atoms with Crippen LogP contribution in [-0.2, 0) is 25.2 Å². The summed E-state index contributed by atoms with van der Waals surface area (Å²) in [5.74, 6) is -0.990. The Morgan fingerprint density at radius 3 is 2.41 bits per heavy atom. The first kappa shape index (κ1) is 21.0. The van der Waals surface area contributed by atoms with E-state index in [9.17, 15) is 18.3 Å². The van der Waals surface area contributed by atoms with E-state index in [1.165, 1.54) is 24.3 Å². The summed E-state index contributed by atoms with van der Waals surface area (Å²) in [4.78, 5) is 12.0. The van der Waals surface area contributed by atoms with Gasteiger partial charge in [0.1, 0.15) is 0 Å². The highest BCUT2D eigenvalue weighted by Crippen LogP contribution is 2.30. The van der Waals surface area contributed by atoms with Gasteiger partial charge in [0, 0.05) is 20.3 Å². The molecule has 1 unspecified atom stereocenters. The van der Waals surface area contributed by atoms with Crippen LogP contribution in [0.1, 0.15) is 24.0 Å². The zero-order chi connectivity index (χ0) is 19.9. The first-order valence-corrected chi connectivity index (χ1v) is 9.97. The van der Waals surface area contributed by atoms with Crippen molar-refractivity contribution < 1.29 is 23.1 Å². The van der Waals surface area contributed by atoms with Crippen LogP contribution in [0.5, 0.6) is 0 Å². The number of nitrogens with one attached hydrogen (secondary N) is 1. The Kier molecular flexibility index (Phi) is 7.09. The lowest BCUT2D eigenvalue weighted by Gasteiger charge is -2.26. The van der Waals surface area contributed by atoms with Crippen LogP contribution in [0.25, 0.3) is 0 Å². The molecule has 27 heavy (non-hydrogen) atoms. The van der Waals surface area contributed by atoms with Crippen LogP contribution in [0.2, 0.25) is 0 Å². The summed E-state index contributed by atoms with van der Waals surface area (Å²) in [6.45, 7) is 0.814. The third kappa shape index (κ3) is 4.92. The van der Waals surface area contributed by atoms with Crippen molar-refractivity contribution in [1.29, 1.82) is 0 Å². The summed E-state index contributed by atoms with van der Waals surface area (Å²) in [6, 6.07) is 13.7. The predicted octanol–water partition coefficient (Wildman–Crippen LogP) is 1.11. The highest BCUT2D eigenvalue weighted by molar-refractivity contribution is 7.89. The van der Waals surface area contributed by atoms with Crippen LogP contribution in [0, 0.1) is 0 Å². The summed E-state index contributed by atoms with van der Waals surface area (Å²) in [6.07, 6.45) is 1.36. The zero-order valence-electron chi connectivity index (χ0n) is 15.1. The SMILES string of the molecule is COCCCCNS(=O)(=O)c1cccc(C(O)(C(N)=O)c2ccccc2)c1. The van der Waals surface area contributed by atoms with Gasteiger partial charge in [-0.2, -0.15) is 0 Å². The lowest BCUT2D eigenvalue weighted by molar-refractivity contribution is -0.133. The molecule has 0 saturated carbocycles. The van der Waals surface area contributed by atoms with Crippen LogP contribution < -0.4 is 10.5 Å². The number of benzene rings is 2. The van der Waals surface area contributed by atoms with E-state index in [0.29, 0.717) is 13.0 Å². The number of amides is 1. The third-order valence-corrected chi connectivity index (χ3v) is 5.64. The van der Waals surface area contributed by atoms with Gasteiger partial charge in [0.2, 0.25) is 10.0 Å². The van der Waals surface area contributed by atoms with Crippen LogP contribution in [-0.4, -0.2) is 39.7 Å². The second-order valence-electron chi connectivity index (χ2n) is 6.07. The number of nitrogens with two attached hydrogens (primary N) is 1. The van der Waals surface area contributed by atoms with Crippen molar-refractivity contribution in [2.45, 2.75) is 23.3 Å². The van der Waals surface area contributed by atoms with Gasteiger partial charge in [-0.25, -0.2) is 13.1 Å². The average Bonchev–Trinajstić information content (AvgIpc) is 2.67. The Labute approximate surface area is 159 Å². The minimum Gasteiger partial charge on any atom is -0.385 e. The van der Waals surface area contributed by atoms with Crippen molar-refractivity contribution in [3.05, 3.63) is 65.7 Å². The van der Waals surface area contributed by atoms with E-state index >= 15 is 0 Å². The molecule has 0 bridgehead atoms. The largest absolute Gasteiger partial charge is 0.385 e. The summed E-state index contributed by atoms with van der Waals surface area (Å²) in [5, 5.41) is 11.0. The fourth-order valence-corrected chi connectivity index (χ4v) is 3.80. The molecule has 0 fully saturated rings. The number of carbonyl (C=O) groups excluding carboxylic acids is 1. The number of ether oxygens (including phenoxy) is 1. The second kappa shape index (κ2) is 9.09. The van der Waals surface area contributed by atoms with Gasteiger partial charge in [-0.05, 0) is 36.1 Å². The van der Waals surface area contributed by atoms with Gasteiger partial charge in [0.25, 0.3) is 5.91 Å². The van der Waals surface area contributed by atoms with Crippen molar-refractivity contribution in [2.24, 2.45) is 5.73 Å². The van der Waals surface area contributed by atoms with Crippen molar-refractivity contribution in [2.75, 3.05) is 20.3 Å². The molecule has 4 N–H and O–H groups in total. The lowest BCUT2D eigenvalue weighted by atomic mass is 9.86. The van der Waals surface area contributed by atoms with Crippen molar-refractivity contribution in [3.8, 4) is 0 Å². The lowest BCUT2D eigenvalue weighted by Crippen LogP contribution is -2.42. The molecule has 8 heteroatoms. The first-order valence-electron chi connectivity index (χ1n) is 8.49. The first-order chi connectivity index (χ1) is 12.8. The monoisotopic (exact) mass is 392 g/mol. The van der Waals surface area contributed by atoms with Gasteiger partial charge in [-0.15, -0.1) is 0 Å². The quantitative estimate of drug-likeness (QED) is 0.524. The molecule has 0 saturated heterocycles. The van der Waals surface area contributed by atoms with E-state index in [0.717, 1.165) is 6.42 Å². The van der Waals surface area contributed by atoms with Gasteiger partial charge < -0.3 is 15.6 Å². The molecular formula is C19H24N2O5S. The zero-order valence-corrected chi connectivity index (χ0v) is 15.9. The number of sulfonamides is 1. The molecular weight excluding hydrogens is 368 g/mol. The highest BCUT2D eigenvalue weighted by Gasteiger charge is 2.38. The highest BCUT2D eigenvalue weighted by atomic mass is 32.2. The summed E-state index contributed by atoms with van der Waals surface area (Å²) < 4.78 is 32.4. The maximum atomic E-state index is 12.5. The number of hydrogen-bond donors (Lipinski definition) is 3. The van der Waals surface area contributed by atoms with Crippen molar-refractivity contribution in [1.82, 2.24) is 4.72 Å². The minimum absolute atomic E-state index is 0.0534. The van der Waals surface area contributed by atoms with Gasteiger partial charge in [0.05, 0.1) is 4.90 Å². The molecule has 2 aromatic rings. The Morgan fingerprint density at radius 1 is 1.11 bits per heavy atom. The Balaban J connectivity index is 2.31. The fourth-order valence-electron chi connectivity index (χ4n) is 2.68. The van der Waals surface area contributed by atoms with E-state index in [2.05, 4.69) is 4.72 Å². The summed E-state index contributed by atoms with van der Waals surface area (Å²) >= 11 is 0. The smallest absolute Gasteiger partial charge is 0.258 e. The number of methoxy groups -OCH3 is 1. The minimum atomic E-state index is -3.79. The molecule has 0 radical (unpaired) electrons. The van der Waals surface area contributed by atoms with Gasteiger partial charge in [-0.3, -0.25) is 4.79 Å². The maximum absolute atomic E-state index is 12.5. The molecule has 0 aliphatic rings. The van der Waals surface area contributed by atoms with E-state index < -0.39 is 21.5 Å². The number of unbranched alkanes of at least 4 members (excludes halogenated alkanes) is 1. The number of carbonyl (C=O) groups is 1. The molecule has 0 aromatic heterocycles. The van der Waals surface area contributed by atoms with E-state index in [1.54, 1.807) is 37.4 Å². The molecule has 0 heterocycles. The number of hydrogen-bond acceptors (Lipinski definition) is 5. The molecule has 7 nitrogen and oxygen atoms in total. The standard InChI is InChI=1S/C19H24N2O5S/c1-26-13-6-5-12-21-27(24,25)17-11-7-10-16(14-17)19(23,18(20)22)15-8-3-2-4-9-15/h2-4,7-11,14,21,23H,5-6,12-13H2,1H3,(H2,20,22). The van der Waals surface area contributed by atoms with Crippen LogP contribution in [0.3, 0.4) is 0 Å². The fraction of sp³-hybridized carbons (Fsp3) is 0.316. The Bertz CT molecular complexity index is 871. The molecule has 146 valence electrons. The number of primary amides is 1. The maximum Gasteiger partial charge on any atom is 0.258 e.